The maximum Gasteiger partial charge on any atom is 0.347 e. The Kier molecular flexibility index (Phi) is 8.09. The molecule has 0 radical (unpaired) electrons. The summed E-state index contributed by atoms with van der Waals surface area (Å²) in [7, 11) is 0. The molecule has 0 aromatic heterocycles. The van der Waals surface area contributed by atoms with E-state index < -0.39 is 11.9 Å². The van der Waals surface area contributed by atoms with E-state index in [0.717, 1.165) is 5.56 Å². The zero-order chi connectivity index (χ0) is 22.4. The molecule has 0 aliphatic carbocycles. The van der Waals surface area contributed by atoms with Gasteiger partial charge in [-0.25, -0.2) is 4.79 Å². The number of benzene rings is 3. The van der Waals surface area contributed by atoms with Crippen LogP contribution in [0.1, 0.15) is 33.0 Å². The molecule has 2 N–H and O–H groups in total. The first-order valence-corrected chi connectivity index (χ1v) is 10.8. The van der Waals surface area contributed by atoms with Crippen LogP contribution in [0, 0.1) is 6.92 Å². The van der Waals surface area contributed by atoms with Gasteiger partial charge in [-0.2, -0.15) is 0 Å². The van der Waals surface area contributed by atoms with Gasteiger partial charge in [-0.05, 0) is 51.7 Å². The second-order valence-corrected chi connectivity index (χ2v) is 8.08. The zero-order valence-corrected chi connectivity index (χ0v) is 19.2. The predicted molar refractivity (Wildman–Crippen MR) is 123 cm³/mol. The van der Waals surface area contributed by atoms with E-state index in [1.807, 2.05) is 36.4 Å². The molecule has 0 spiro atoms. The van der Waals surface area contributed by atoms with Crippen molar-refractivity contribution in [3.63, 3.8) is 0 Å². The highest BCUT2D eigenvalue weighted by Crippen LogP contribution is 2.44. The third-order valence-corrected chi connectivity index (χ3v) is 6.11. The maximum atomic E-state index is 13.1. The van der Waals surface area contributed by atoms with E-state index in [9.17, 15) is 15.0 Å². The Balaban J connectivity index is 2.09. The Hall–Kier alpha value is -2.38. The topological polar surface area (TPSA) is 76.0 Å². The van der Waals surface area contributed by atoms with Crippen LogP contribution in [0.2, 0.25) is 5.02 Å². The van der Waals surface area contributed by atoms with Crippen molar-refractivity contribution in [2.24, 2.45) is 0 Å². The molecule has 0 saturated carbocycles. The van der Waals surface area contributed by atoms with Crippen molar-refractivity contribution < 1.29 is 24.5 Å². The SMILES string of the molecule is Cc1c(Cl)c(C(CO)CO)c(Br)c(OCc2ccccc2)c1C(=O)Oc1ccccc1. The first-order valence-electron chi connectivity index (χ1n) is 9.65. The van der Waals surface area contributed by atoms with E-state index in [-0.39, 0.29) is 36.2 Å². The van der Waals surface area contributed by atoms with Crippen LogP contribution in [0.5, 0.6) is 11.5 Å². The van der Waals surface area contributed by atoms with Crippen LogP contribution in [-0.2, 0) is 6.61 Å². The van der Waals surface area contributed by atoms with Gasteiger partial charge < -0.3 is 19.7 Å². The molecule has 7 heteroatoms. The Bertz CT molecular complexity index is 1040. The minimum atomic E-state index is -0.640. The van der Waals surface area contributed by atoms with E-state index >= 15 is 0 Å². The first kappa shape index (κ1) is 23.3. The number of hydrogen-bond acceptors (Lipinski definition) is 5. The van der Waals surface area contributed by atoms with Crippen molar-refractivity contribution in [3.05, 3.63) is 92.4 Å². The smallest absolute Gasteiger partial charge is 0.347 e. The van der Waals surface area contributed by atoms with Crippen molar-refractivity contribution in [1.29, 1.82) is 0 Å². The fourth-order valence-electron chi connectivity index (χ4n) is 3.17. The monoisotopic (exact) mass is 504 g/mol. The Morgan fingerprint density at radius 2 is 1.61 bits per heavy atom. The third-order valence-electron chi connectivity index (χ3n) is 4.84. The summed E-state index contributed by atoms with van der Waals surface area (Å²) < 4.78 is 12.0. The Labute approximate surface area is 194 Å². The molecule has 0 aliphatic rings. The zero-order valence-electron chi connectivity index (χ0n) is 16.8. The molecule has 5 nitrogen and oxygen atoms in total. The minimum Gasteiger partial charge on any atom is -0.487 e. The summed E-state index contributed by atoms with van der Waals surface area (Å²) in [5, 5.41) is 19.7. The summed E-state index contributed by atoms with van der Waals surface area (Å²) in [6.45, 7) is 1.25. The fraction of sp³-hybridized carbons (Fsp3) is 0.208. The number of halogens is 2. The van der Waals surface area contributed by atoms with Gasteiger partial charge in [0.1, 0.15) is 23.7 Å². The van der Waals surface area contributed by atoms with Crippen molar-refractivity contribution in [1.82, 2.24) is 0 Å². The number of aliphatic hydroxyl groups excluding tert-OH is 2. The lowest BCUT2D eigenvalue weighted by Crippen LogP contribution is -2.17. The highest BCUT2D eigenvalue weighted by molar-refractivity contribution is 9.10. The third kappa shape index (κ3) is 5.28. The van der Waals surface area contributed by atoms with Crippen LogP contribution in [0.25, 0.3) is 0 Å². The van der Waals surface area contributed by atoms with Crippen LogP contribution in [0.15, 0.2) is 65.1 Å². The van der Waals surface area contributed by atoms with E-state index in [1.54, 1.807) is 31.2 Å². The van der Waals surface area contributed by atoms with Gasteiger partial charge in [-0.3, -0.25) is 0 Å². The lowest BCUT2D eigenvalue weighted by Gasteiger charge is -2.23. The average molecular weight is 506 g/mol. The predicted octanol–water partition coefficient (Wildman–Crippen LogP) is 5.28. The number of aliphatic hydroxyl groups is 2. The summed E-state index contributed by atoms with van der Waals surface area (Å²) >= 11 is 10.1. The number of carbonyl (C=O) groups excluding carboxylic acids is 1. The quantitative estimate of drug-likeness (QED) is 0.322. The van der Waals surface area contributed by atoms with Crippen LogP contribution in [0.4, 0.5) is 0 Å². The van der Waals surface area contributed by atoms with Gasteiger partial charge in [0.15, 0.2) is 0 Å². The number of rotatable bonds is 8. The van der Waals surface area contributed by atoms with E-state index in [1.165, 1.54) is 0 Å². The summed E-state index contributed by atoms with van der Waals surface area (Å²) in [6.07, 6.45) is 0. The summed E-state index contributed by atoms with van der Waals surface area (Å²) in [6, 6.07) is 18.2. The molecule has 0 fully saturated rings. The molecular weight excluding hydrogens is 484 g/mol. The molecule has 0 saturated heterocycles. The highest BCUT2D eigenvalue weighted by Gasteiger charge is 2.29. The van der Waals surface area contributed by atoms with Gasteiger partial charge >= 0.3 is 5.97 Å². The molecule has 0 bridgehead atoms. The fourth-order valence-corrected chi connectivity index (χ4v) is 4.46. The van der Waals surface area contributed by atoms with Gasteiger partial charge in [0.25, 0.3) is 0 Å². The summed E-state index contributed by atoms with van der Waals surface area (Å²) in [5.41, 5.74) is 2.00. The molecule has 0 unspecified atom stereocenters. The molecule has 0 heterocycles. The number of hydrogen-bond donors (Lipinski definition) is 2. The molecule has 0 atom stereocenters. The molecular formula is C24H22BrClO5. The van der Waals surface area contributed by atoms with Crippen molar-refractivity contribution in [3.8, 4) is 11.5 Å². The summed E-state index contributed by atoms with van der Waals surface area (Å²) in [5.74, 6) is -0.626. The van der Waals surface area contributed by atoms with Crippen molar-refractivity contribution >= 4 is 33.5 Å². The lowest BCUT2D eigenvalue weighted by molar-refractivity contribution is 0.0728. The second-order valence-electron chi connectivity index (χ2n) is 6.91. The van der Waals surface area contributed by atoms with E-state index in [4.69, 9.17) is 21.1 Å². The minimum absolute atomic E-state index is 0.176. The van der Waals surface area contributed by atoms with Gasteiger partial charge in [-0.1, -0.05) is 60.1 Å². The molecule has 0 amide bonds. The lowest BCUT2D eigenvalue weighted by atomic mass is 9.95. The van der Waals surface area contributed by atoms with Crippen LogP contribution in [0.3, 0.4) is 0 Å². The number of ether oxygens (including phenoxy) is 2. The first-order chi connectivity index (χ1) is 15.0. The van der Waals surface area contributed by atoms with Gasteiger partial charge in [0, 0.05) is 10.9 Å². The number of esters is 1. The molecule has 0 aliphatic heterocycles. The van der Waals surface area contributed by atoms with Crippen molar-refractivity contribution in [2.45, 2.75) is 19.4 Å². The molecule has 3 rings (SSSR count). The average Bonchev–Trinajstić information content (AvgIpc) is 2.79. The van der Waals surface area contributed by atoms with E-state index in [0.29, 0.717) is 21.3 Å². The van der Waals surface area contributed by atoms with E-state index in [2.05, 4.69) is 15.9 Å². The Morgan fingerprint density at radius 3 is 2.19 bits per heavy atom. The normalized spacial score (nSPS) is 10.9. The summed E-state index contributed by atoms with van der Waals surface area (Å²) in [4.78, 5) is 13.1. The van der Waals surface area contributed by atoms with Crippen LogP contribution in [-0.4, -0.2) is 29.4 Å². The highest BCUT2D eigenvalue weighted by atomic mass is 79.9. The standard InChI is InChI=1S/C24H22BrClO5/c1-15-19(24(29)31-18-10-6-3-7-11-18)23(30-14-16-8-4-2-5-9-16)21(25)20(22(15)26)17(12-27)13-28/h2-11,17,27-28H,12-14H2,1H3. The number of carbonyl (C=O) groups is 1. The maximum absolute atomic E-state index is 13.1. The molecule has 3 aromatic carbocycles. The number of para-hydroxylation sites is 1. The molecule has 3 aromatic rings. The van der Waals surface area contributed by atoms with Gasteiger partial charge in [-0.15, -0.1) is 0 Å². The van der Waals surface area contributed by atoms with Crippen LogP contribution >= 0.6 is 27.5 Å². The van der Waals surface area contributed by atoms with Gasteiger partial charge in [0.05, 0.1) is 17.7 Å². The second kappa shape index (κ2) is 10.8. The molecule has 31 heavy (non-hydrogen) atoms. The Morgan fingerprint density at radius 1 is 1.03 bits per heavy atom. The van der Waals surface area contributed by atoms with Gasteiger partial charge in [0.2, 0.25) is 0 Å². The largest absolute Gasteiger partial charge is 0.487 e. The molecule has 162 valence electrons. The van der Waals surface area contributed by atoms with Crippen LogP contribution < -0.4 is 9.47 Å². The van der Waals surface area contributed by atoms with Crippen molar-refractivity contribution in [2.75, 3.05) is 13.2 Å².